The number of β-amino-alcohol motifs (C(OH)–C–C–N with tert-alkyl or cyclic N) is 1. The largest absolute Gasteiger partial charge is 0.389 e. The zero-order valence-electron chi connectivity index (χ0n) is 12.6. The number of aliphatic hydroxyl groups is 1. The fourth-order valence-electron chi connectivity index (χ4n) is 4.24. The van der Waals surface area contributed by atoms with Gasteiger partial charge >= 0.3 is 0 Å². The summed E-state index contributed by atoms with van der Waals surface area (Å²) in [5.41, 5.74) is 0.151. The maximum atomic E-state index is 10.8. The fourth-order valence-corrected chi connectivity index (χ4v) is 4.24. The van der Waals surface area contributed by atoms with Gasteiger partial charge in [0.1, 0.15) is 0 Å². The molecule has 3 aliphatic rings. The topological polar surface area (TPSA) is 30.0 Å². The van der Waals surface area contributed by atoms with Crippen molar-refractivity contribution in [2.45, 2.75) is 31.3 Å². The van der Waals surface area contributed by atoms with Crippen LogP contribution in [0.2, 0.25) is 0 Å². The van der Waals surface area contributed by atoms with Crippen LogP contribution in [0.4, 0.5) is 0 Å². The minimum Gasteiger partial charge on any atom is -0.389 e. The summed E-state index contributed by atoms with van der Waals surface area (Å²) in [6, 6.07) is 0. The number of likely N-dealkylation sites (tertiary alicyclic amines) is 1. The van der Waals surface area contributed by atoms with Crippen LogP contribution in [0.5, 0.6) is 0 Å². The molecule has 2 saturated heterocycles. The number of piperazine rings is 1. The molecule has 3 rings (SSSR count). The van der Waals surface area contributed by atoms with E-state index in [-0.39, 0.29) is 0 Å². The average molecular weight is 267 g/mol. The van der Waals surface area contributed by atoms with Crippen LogP contribution in [0, 0.1) is 5.41 Å². The Morgan fingerprint density at radius 3 is 1.95 bits per heavy atom. The summed E-state index contributed by atoms with van der Waals surface area (Å²) in [5.74, 6) is 0. The van der Waals surface area contributed by atoms with Gasteiger partial charge in [-0.25, -0.2) is 0 Å². The number of likely N-dealkylation sites (N-methyl/N-ethyl adjacent to an activating group) is 1. The summed E-state index contributed by atoms with van der Waals surface area (Å²) in [4.78, 5) is 7.25. The van der Waals surface area contributed by atoms with Crippen LogP contribution >= 0.6 is 0 Å². The van der Waals surface area contributed by atoms with Gasteiger partial charge in [-0.15, -0.1) is 0 Å². The maximum absolute atomic E-state index is 10.8. The van der Waals surface area contributed by atoms with Crippen molar-refractivity contribution < 1.29 is 5.11 Å². The molecule has 0 unspecified atom stereocenters. The Morgan fingerprint density at radius 2 is 1.42 bits per heavy atom. The van der Waals surface area contributed by atoms with Crippen LogP contribution in [-0.4, -0.2) is 85.3 Å². The van der Waals surface area contributed by atoms with Gasteiger partial charge in [-0.2, -0.15) is 0 Å². The van der Waals surface area contributed by atoms with Gasteiger partial charge in [-0.3, -0.25) is 4.90 Å². The molecule has 1 aliphatic carbocycles. The predicted molar refractivity (Wildman–Crippen MR) is 77.3 cm³/mol. The van der Waals surface area contributed by atoms with Gasteiger partial charge in [0, 0.05) is 45.8 Å². The van der Waals surface area contributed by atoms with Gasteiger partial charge in [-0.05, 0) is 45.2 Å². The first kappa shape index (κ1) is 13.8. The molecular formula is C15H29N3O. The van der Waals surface area contributed by atoms with Crippen molar-refractivity contribution in [1.82, 2.24) is 14.7 Å². The Morgan fingerprint density at radius 1 is 0.842 bits per heavy atom. The first-order chi connectivity index (χ1) is 8.99. The Balaban J connectivity index is 1.49. The fraction of sp³-hybridized carbons (Fsp3) is 1.00. The Hall–Kier alpha value is -0.160. The van der Waals surface area contributed by atoms with E-state index in [2.05, 4.69) is 28.8 Å². The lowest BCUT2D eigenvalue weighted by Crippen LogP contribution is -2.59. The van der Waals surface area contributed by atoms with Gasteiger partial charge in [0.25, 0.3) is 0 Å². The second-order valence-electron chi connectivity index (χ2n) is 7.48. The van der Waals surface area contributed by atoms with Crippen LogP contribution in [0.1, 0.15) is 25.7 Å². The van der Waals surface area contributed by atoms with E-state index in [0.29, 0.717) is 5.41 Å². The third kappa shape index (κ3) is 2.97. The van der Waals surface area contributed by atoms with Gasteiger partial charge in [0.2, 0.25) is 0 Å². The lowest BCUT2D eigenvalue weighted by atomic mass is 9.64. The van der Waals surface area contributed by atoms with E-state index in [0.717, 1.165) is 45.6 Å². The molecule has 0 aromatic rings. The molecular weight excluding hydrogens is 238 g/mol. The SMILES string of the molecule is CN1CCN(CC2(O)CCC3(CC2)CN(C)C3)CC1. The second-order valence-corrected chi connectivity index (χ2v) is 7.48. The van der Waals surface area contributed by atoms with Gasteiger partial charge in [0.15, 0.2) is 0 Å². The number of hydrogen-bond acceptors (Lipinski definition) is 4. The highest BCUT2D eigenvalue weighted by molar-refractivity contribution is 5.01. The number of nitrogens with zero attached hydrogens (tertiary/aromatic N) is 3. The van der Waals surface area contributed by atoms with Crippen molar-refractivity contribution in [3.05, 3.63) is 0 Å². The molecule has 2 heterocycles. The van der Waals surface area contributed by atoms with Crippen LogP contribution in [-0.2, 0) is 0 Å². The first-order valence-electron chi connectivity index (χ1n) is 7.81. The van der Waals surface area contributed by atoms with Crippen LogP contribution < -0.4 is 0 Å². The van der Waals surface area contributed by atoms with Gasteiger partial charge in [-0.1, -0.05) is 0 Å². The second kappa shape index (κ2) is 4.99. The van der Waals surface area contributed by atoms with Crippen molar-refractivity contribution in [1.29, 1.82) is 0 Å². The van der Waals surface area contributed by atoms with Crippen molar-refractivity contribution >= 4 is 0 Å². The Kier molecular flexibility index (Phi) is 3.63. The summed E-state index contributed by atoms with van der Waals surface area (Å²) in [6.07, 6.45) is 4.46. The van der Waals surface area contributed by atoms with E-state index in [1.807, 2.05) is 0 Å². The maximum Gasteiger partial charge on any atom is 0.0774 e. The monoisotopic (exact) mass is 267 g/mol. The molecule has 110 valence electrons. The highest BCUT2D eigenvalue weighted by Crippen LogP contribution is 2.46. The molecule has 0 amide bonds. The molecule has 0 aromatic heterocycles. The minimum atomic E-state index is -0.407. The molecule has 3 fully saturated rings. The average Bonchev–Trinajstić information content (AvgIpc) is 2.34. The zero-order valence-corrected chi connectivity index (χ0v) is 12.6. The molecule has 1 saturated carbocycles. The lowest BCUT2D eigenvalue weighted by molar-refractivity contribution is -0.0986. The van der Waals surface area contributed by atoms with E-state index < -0.39 is 5.60 Å². The van der Waals surface area contributed by atoms with E-state index in [9.17, 15) is 5.11 Å². The van der Waals surface area contributed by atoms with Crippen molar-refractivity contribution in [2.75, 3.05) is 59.9 Å². The smallest absolute Gasteiger partial charge is 0.0774 e. The summed E-state index contributed by atoms with van der Waals surface area (Å²) in [5, 5.41) is 10.8. The quantitative estimate of drug-likeness (QED) is 0.788. The zero-order chi connectivity index (χ0) is 13.5. The molecule has 0 atom stereocenters. The molecule has 4 nitrogen and oxygen atoms in total. The van der Waals surface area contributed by atoms with E-state index in [1.165, 1.54) is 25.9 Å². The lowest BCUT2D eigenvalue weighted by Gasteiger charge is -2.54. The summed E-state index contributed by atoms with van der Waals surface area (Å²) >= 11 is 0. The molecule has 19 heavy (non-hydrogen) atoms. The van der Waals surface area contributed by atoms with Crippen molar-refractivity contribution in [3.8, 4) is 0 Å². The molecule has 1 spiro atoms. The predicted octanol–water partition coefficient (Wildman–Crippen LogP) is 0.471. The van der Waals surface area contributed by atoms with Crippen LogP contribution in [0.3, 0.4) is 0 Å². The molecule has 0 aromatic carbocycles. The third-order valence-electron chi connectivity index (χ3n) is 5.57. The van der Waals surface area contributed by atoms with Gasteiger partial charge in [0.05, 0.1) is 5.60 Å². The highest BCUT2D eigenvalue weighted by Gasteiger charge is 2.47. The molecule has 1 N–H and O–H groups in total. The summed E-state index contributed by atoms with van der Waals surface area (Å²) < 4.78 is 0. The number of hydrogen-bond donors (Lipinski definition) is 1. The van der Waals surface area contributed by atoms with Gasteiger partial charge < -0.3 is 14.9 Å². The van der Waals surface area contributed by atoms with E-state index in [4.69, 9.17) is 0 Å². The van der Waals surface area contributed by atoms with Crippen molar-refractivity contribution in [2.24, 2.45) is 5.41 Å². The summed E-state index contributed by atoms with van der Waals surface area (Å²) in [6.45, 7) is 7.91. The first-order valence-corrected chi connectivity index (χ1v) is 7.81. The van der Waals surface area contributed by atoms with E-state index in [1.54, 1.807) is 0 Å². The van der Waals surface area contributed by atoms with Crippen LogP contribution in [0.25, 0.3) is 0 Å². The summed E-state index contributed by atoms with van der Waals surface area (Å²) in [7, 11) is 4.39. The minimum absolute atomic E-state index is 0.407. The van der Waals surface area contributed by atoms with Crippen molar-refractivity contribution in [3.63, 3.8) is 0 Å². The van der Waals surface area contributed by atoms with Crippen LogP contribution in [0.15, 0.2) is 0 Å². The molecule has 4 heteroatoms. The molecule has 2 aliphatic heterocycles. The molecule has 0 radical (unpaired) electrons. The Labute approximate surface area is 117 Å². The standard InChI is InChI=1S/C15H29N3O/c1-16-7-9-18(10-8-16)13-15(19)5-3-14(4-6-15)11-17(2)12-14/h19H,3-13H2,1-2H3. The third-order valence-corrected chi connectivity index (χ3v) is 5.57. The molecule has 0 bridgehead atoms. The highest BCUT2D eigenvalue weighted by atomic mass is 16.3. The normalized spacial score (nSPS) is 32.4. The number of rotatable bonds is 2. The van der Waals surface area contributed by atoms with E-state index >= 15 is 0 Å². The Bertz CT molecular complexity index is 309.